The molecule has 0 fully saturated rings. The van der Waals surface area contributed by atoms with E-state index in [1.54, 1.807) is 7.05 Å². The molecule has 0 aromatic heterocycles. The molecule has 21 heavy (non-hydrogen) atoms. The molecular formula is C16H22N2O3. The van der Waals surface area contributed by atoms with E-state index in [0.29, 0.717) is 25.8 Å². The fourth-order valence-electron chi connectivity index (χ4n) is 2.36. The van der Waals surface area contributed by atoms with Crippen molar-refractivity contribution in [2.75, 3.05) is 20.2 Å². The van der Waals surface area contributed by atoms with Crippen molar-refractivity contribution in [3.8, 4) is 5.75 Å². The summed E-state index contributed by atoms with van der Waals surface area (Å²) in [6, 6.07) is 6.20. The van der Waals surface area contributed by atoms with Gasteiger partial charge in [0.2, 0.25) is 11.8 Å². The second-order valence-corrected chi connectivity index (χ2v) is 5.17. The van der Waals surface area contributed by atoms with Crippen LogP contribution >= 0.6 is 0 Å². The molecule has 0 unspecified atom stereocenters. The maximum Gasteiger partial charge on any atom is 0.220 e. The molecule has 1 aliphatic rings. The van der Waals surface area contributed by atoms with Crippen molar-refractivity contribution in [2.45, 2.75) is 32.1 Å². The summed E-state index contributed by atoms with van der Waals surface area (Å²) in [6.07, 6.45) is 3.16. The van der Waals surface area contributed by atoms with E-state index in [0.717, 1.165) is 25.2 Å². The molecule has 2 rings (SSSR count). The number of carbonyl (C=O) groups excluding carboxylic acids is 2. The fourth-order valence-corrected chi connectivity index (χ4v) is 2.36. The Kier molecular flexibility index (Phi) is 5.60. The van der Waals surface area contributed by atoms with E-state index in [1.165, 1.54) is 11.1 Å². The first-order valence-corrected chi connectivity index (χ1v) is 7.41. The van der Waals surface area contributed by atoms with Crippen molar-refractivity contribution in [2.24, 2.45) is 0 Å². The van der Waals surface area contributed by atoms with Crippen molar-refractivity contribution in [1.82, 2.24) is 10.6 Å². The van der Waals surface area contributed by atoms with Gasteiger partial charge in [0.25, 0.3) is 0 Å². The molecule has 2 amide bonds. The Labute approximate surface area is 125 Å². The summed E-state index contributed by atoms with van der Waals surface area (Å²) >= 11 is 0. The number of hydrogen-bond acceptors (Lipinski definition) is 3. The number of ether oxygens (including phenoxy) is 1. The fraction of sp³-hybridized carbons (Fsp3) is 0.500. The normalized spacial score (nSPS) is 12.4. The summed E-state index contributed by atoms with van der Waals surface area (Å²) in [5, 5.41) is 5.43. The van der Waals surface area contributed by atoms with Crippen LogP contribution in [0, 0.1) is 0 Å². The third-order valence-electron chi connectivity index (χ3n) is 3.58. The number of carbonyl (C=O) groups is 2. The lowest BCUT2D eigenvalue weighted by atomic mass is 10.1. The summed E-state index contributed by atoms with van der Waals surface area (Å²) in [5.41, 5.74) is 2.47. The Morgan fingerprint density at radius 2 is 2.05 bits per heavy atom. The molecule has 1 aromatic carbocycles. The molecule has 5 nitrogen and oxygen atoms in total. The molecule has 1 heterocycles. The molecule has 0 bridgehead atoms. The van der Waals surface area contributed by atoms with Crippen LogP contribution in [0.25, 0.3) is 0 Å². The molecule has 0 radical (unpaired) electrons. The Morgan fingerprint density at radius 1 is 1.24 bits per heavy atom. The van der Waals surface area contributed by atoms with Crippen molar-refractivity contribution in [3.63, 3.8) is 0 Å². The van der Waals surface area contributed by atoms with Crippen LogP contribution in [-0.4, -0.2) is 32.0 Å². The van der Waals surface area contributed by atoms with Crippen LogP contribution in [-0.2, 0) is 22.4 Å². The summed E-state index contributed by atoms with van der Waals surface area (Å²) in [6.45, 7) is 1.39. The standard InChI is InChI=1S/C16H22N2O3/c1-17-15(19)3-2-4-16(20)18-9-7-12-5-6-14-13(11-12)8-10-21-14/h5-6,11H,2-4,7-10H2,1H3,(H,17,19)(H,18,20). The van der Waals surface area contributed by atoms with Gasteiger partial charge in [0.1, 0.15) is 5.75 Å². The summed E-state index contributed by atoms with van der Waals surface area (Å²) in [5.74, 6) is 0.962. The number of amides is 2. The Balaban J connectivity index is 1.65. The molecule has 0 aliphatic carbocycles. The molecule has 0 atom stereocenters. The molecule has 1 aromatic rings. The summed E-state index contributed by atoms with van der Waals surface area (Å²) in [7, 11) is 1.60. The maximum absolute atomic E-state index is 11.6. The van der Waals surface area contributed by atoms with Crippen LogP contribution in [0.15, 0.2) is 18.2 Å². The Bertz CT molecular complexity index is 514. The SMILES string of the molecule is CNC(=O)CCCC(=O)NCCc1ccc2c(c1)CCO2. The quantitative estimate of drug-likeness (QED) is 0.793. The molecule has 0 saturated carbocycles. The van der Waals surface area contributed by atoms with E-state index in [-0.39, 0.29) is 11.8 Å². The molecule has 0 saturated heterocycles. The first-order chi connectivity index (χ1) is 10.2. The molecule has 0 spiro atoms. The zero-order valence-electron chi connectivity index (χ0n) is 12.4. The lowest BCUT2D eigenvalue weighted by molar-refractivity contribution is -0.122. The summed E-state index contributed by atoms with van der Waals surface area (Å²) < 4.78 is 5.47. The van der Waals surface area contributed by atoms with Gasteiger partial charge in [-0.1, -0.05) is 12.1 Å². The minimum absolute atomic E-state index is 0.00314. The van der Waals surface area contributed by atoms with Gasteiger partial charge in [-0.2, -0.15) is 0 Å². The predicted octanol–water partition coefficient (Wildman–Crippen LogP) is 1.20. The highest BCUT2D eigenvalue weighted by Gasteiger charge is 2.11. The molecule has 114 valence electrons. The first-order valence-electron chi connectivity index (χ1n) is 7.41. The van der Waals surface area contributed by atoms with Crippen LogP contribution in [0.3, 0.4) is 0 Å². The van der Waals surface area contributed by atoms with Crippen LogP contribution in [0.2, 0.25) is 0 Å². The zero-order valence-corrected chi connectivity index (χ0v) is 12.4. The van der Waals surface area contributed by atoms with E-state index in [9.17, 15) is 9.59 Å². The maximum atomic E-state index is 11.6. The van der Waals surface area contributed by atoms with Gasteiger partial charge in [-0.05, 0) is 30.0 Å². The second kappa shape index (κ2) is 7.67. The minimum atomic E-state index is -0.0249. The third kappa shape index (κ3) is 4.77. The van der Waals surface area contributed by atoms with Gasteiger partial charge in [-0.15, -0.1) is 0 Å². The number of benzene rings is 1. The van der Waals surface area contributed by atoms with Crippen molar-refractivity contribution < 1.29 is 14.3 Å². The lowest BCUT2D eigenvalue weighted by Gasteiger charge is -2.06. The van der Waals surface area contributed by atoms with E-state index in [1.807, 2.05) is 12.1 Å². The van der Waals surface area contributed by atoms with E-state index < -0.39 is 0 Å². The van der Waals surface area contributed by atoms with Gasteiger partial charge in [0.15, 0.2) is 0 Å². The van der Waals surface area contributed by atoms with Gasteiger partial charge in [0.05, 0.1) is 6.61 Å². The van der Waals surface area contributed by atoms with Crippen LogP contribution < -0.4 is 15.4 Å². The van der Waals surface area contributed by atoms with Gasteiger partial charge >= 0.3 is 0 Å². The average molecular weight is 290 g/mol. The average Bonchev–Trinajstić information content (AvgIpc) is 2.94. The molecular weight excluding hydrogens is 268 g/mol. The lowest BCUT2D eigenvalue weighted by Crippen LogP contribution is -2.26. The van der Waals surface area contributed by atoms with Crippen molar-refractivity contribution in [3.05, 3.63) is 29.3 Å². The molecule has 1 aliphatic heterocycles. The number of hydrogen-bond donors (Lipinski definition) is 2. The minimum Gasteiger partial charge on any atom is -0.493 e. The highest BCUT2D eigenvalue weighted by Crippen LogP contribution is 2.25. The second-order valence-electron chi connectivity index (χ2n) is 5.17. The van der Waals surface area contributed by atoms with Crippen molar-refractivity contribution >= 4 is 11.8 Å². The largest absolute Gasteiger partial charge is 0.493 e. The van der Waals surface area contributed by atoms with Gasteiger partial charge in [0, 0.05) is 32.9 Å². The smallest absolute Gasteiger partial charge is 0.220 e. The van der Waals surface area contributed by atoms with Gasteiger partial charge in [-0.3, -0.25) is 9.59 Å². The van der Waals surface area contributed by atoms with Gasteiger partial charge in [-0.25, -0.2) is 0 Å². The number of rotatable bonds is 7. The zero-order chi connectivity index (χ0) is 15.1. The van der Waals surface area contributed by atoms with Gasteiger partial charge < -0.3 is 15.4 Å². The topological polar surface area (TPSA) is 67.4 Å². The molecule has 2 N–H and O–H groups in total. The van der Waals surface area contributed by atoms with Crippen molar-refractivity contribution in [1.29, 1.82) is 0 Å². The van der Waals surface area contributed by atoms with Crippen LogP contribution in [0.5, 0.6) is 5.75 Å². The Morgan fingerprint density at radius 3 is 2.86 bits per heavy atom. The highest BCUT2D eigenvalue weighted by molar-refractivity contribution is 5.78. The monoisotopic (exact) mass is 290 g/mol. The van der Waals surface area contributed by atoms with Crippen LogP contribution in [0.4, 0.5) is 0 Å². The van der Waals surface area contributed by atoms with E-state index in [2.05, 4.69) is 16.7 Å². The summed E-state index contributed by atoms with van der Waals surface area (Å²) in [4.78, 5) is 22.7. The first kappa shape index (κ1) is 15.4. The number of nitrogens with one attached hydrogen (secondary N) is 2. The molecule has 5 heteroatoms. The van der Waals surface area contributed by atoms with Crippen LogP contribution in [0.1, 0.15) is 30.4 Å². The third-order valence-corrected chi connectivity index (χ3v) is 3.58. The van der Waals surface area contributed by atoms with E-state index >= 15 is 0 Å². The number of fused-ring (bicyclic) bond motifs is 1. The predicted molar refractivity (Wildman–Crippen MR) is 80.3 cm³/mol. The Hall–Kier alpha value is -2.04. The highest BCUT2D eigenvalue weighted by atomic mass is 16.5. The van der Waals surface area contributed by atoms with E-state index in [4.69, 9.17) is 4.74 Å².